The summed E-state index contributed by atoms with van der Waals surface area (Å²) in [4.78, 5) is 29.4. The number of halogens is 1. The first kappa shape index (κ1) is 17.9. The molecule has 2 amide bonds. The Morgan fingerprint density at radius 1 is 1.36 bits per heavy atom. The molecule has 0 saturated carbocycles. The zero-order valence-electron chi connectivity index (χ0n) is 13.9. The number of rotatable bonds is 6. The van der Waals surface area contributed by atoms with Gasteiger partial charge < -0.3 is 9.80 Å². The predicted octanol–water partition coefficient (Wildman–Crippen LogP) is 3.62. The average Bonchev–Trinajstić information content (AvgIpc) is 3.25. The van der Waals surface area contributed by atoms with E-state index >= 15 is 0 Å². The quantitative estimate of drug-likeness (QED) is 0.771. The second-order valence-corrected chi connectivity index (χ2v) is 7.71. The van der Waals surface area contributed by atoms with Crippen LogP contribution in [0.4, 0.5) is 4.39 Å². The van der Waals surface area contributed by atoms with Gasteiger partial charge in [-0.1, -0.05) is 12.1 Å². The van der Waals surface area contributed by atoms with Crippen molar-refractivity contribution in [3.8, 4) is 0 Å². The van der Waals surface area contributed by atoms with Gasteiger partial charge in [0.2, 0.25) is 5.91 Å². The van der Waals surface area contributed by atoms with E-state index in [1.165, 1.54) is 18.2 Å². The van der Waals surface area contributed by atoms with Gasteiger partial charge >= 0.3 is 0 Å². The first-order chi connectivity index (χ1) is 12.1. The lowest BCUT2D eigenvalue weighted by molar-refractivity contribution is -0.128. The number of carbonyl (C=O) groups is 2. The van der Waals surface area contributed by atoms with Gasteiger partial charge in [0, 0.05) is 30.1 Å². The number of benzene rings is 1. The lowest BCUT2D eigenvalue weighted by Gasteiger charge is -2.27. The number of likely N-dealkylation sites (N-methyl/N-ethyl adjacent to an activating group) is 1. The zero-order chi connectivity index (χ0) is 17.8. The maximum absolute atomic E-state index is 13.4. The molecule has 0 bridgehead atoms. The fraction of sp³-hybridized carbons (Fsp3) is 0.333. The lowest BCUT2D eigenvalue weighted by atomic mass is 10.2. The molecule has 1 aliphatic rings. The number of amides is 2. The summed E-state index contributed by atoms with van der Waals surface area (Å²) < 4.78 is 13.4. The molecule has 0 spiro atoms. The number of hydrogen-bond acceptors (Lipinski definition) is 4. The molecule has 7 heteroatoms. The van der Waals surface area contributed by atoms with E-state index in [9.17, 15) is 14.0 Å². The Morgan fingerprint density at radius 3 is 2.88 bits per heavy atom. The molecule has 25 heavy (non-hydrogen) atoms. The van der Waals surface area contributed by atoms with Crippen molar-refractivity contribution in [1.82, 2.24) is 9.80 Å². The summed E-state index contributed by atoms with van der Waals surface area (Å²) in [7, 11) is 0. The lowest BCUT2D eigenvalue weighted by Crippen LogP contribution is -2.40. The third kappa shape index (κ3) is 4.04. The Labute approximate surface area is 154 Å². The van der Waals surface area contributed by atoms with Crippen LogP contribution in [0, 0.1) is 5.82 Å². The number of thiophene rings is 1. The van der Waals surface area contributed by atoms with Gasteiger partial charge in [-0.25, -0.2) is 4.39 Å². The van der Waals surface area contributed by atoms with Gasteiger partial charge in [-0.15, -0.1) is 23.1 Å². The third-order valence-electron chi connectivity index (χ3n) is 4.11. The Morgan fingerprint density at radius 2 is 2.20 bits per heavy atom. The zero-order valence-corrected chi connectivity index (χ0v) is 15.5. The standard InChI is InChI=1S/C18H19FN2O2S2/c1-2-20(17(23)13-5-3-6-14(19)11-13)8-9-21-16(22)12-25-18(21)15-7-4-10-24-15/h3-7,10-11,18H,2,8-9,12H2,1H3. The van der Waals surface area contributed by atoms with E-state index in [1.54, 1.807) is 34.1 Å². The van der Waals surface area contributed by atoms with Crippen LogP contribution in [0.25, 0.3) is 0 Å². The summed E-state index contributed by atoms with van der Waals surface area (Å²) in [5.41, 5.74) is 0.332. The van der Waals surface area contributed by atoms with Crippen LogP contribution in [0.2, 0.25) is 0 Å². The van der Waals surface area contributed by atoms with E-state index in [-0.39, 0.29) is 17.2 Å². The molecule has 1 saturated heterocycles. The van der Waals surface area contributed by atoms with Crippen LogP contribution in [0.1, 0.15) is 27.5 Å². The fourth-order valence-electron chi connectivity index (χ4n) is 2.80. The second kappa shape index (κ2) is 8.01. The normalized spacial score (nSPS) is 17.1. The summed E-state index contributed by atoms with van der Waals surface area (Å²) in [6.07, 6.45) is 0. The van der Waals surface area contributed by atoms with Crippen molar-refractivity contribution in [3.63, 3.8) is 0 Å². The summed E-state index contributed by atoms with van der Waals surface area (Å²) in [6.45, 7) is 3.30. The van der Waals surface area contributed by atoms with Crippen LogP contribution in [0.3, 0.4) is 0 Å². The Bertz CT molecular complexity index is 751. The molecule has 0 aliphatic carbocycles. The van der Waals surface area contributed by atoms with E-state index in [1.807, 2.05) is 29.3 Å². The molecule has 2 heterocycles. The third-order valence-corrected chi connectivity index (χ3v) is 6.42. The van der Waals surface area contributed by atoms with Crippen LogP contribution in [0.15, 0.2) is 41.8 Å². The van der Waals surface area contributed by atoms with Gasteiger partial charge in [0.05, 0.1) is 5.75 Å². The van der Waals surface area contributed by atoms with E-state index in [0.717, 1.165) is 4.88 Å². The molecule has 1 atom stereocenters. The highest BCUT2D eigenvalue weighted by Crippen LogP contribution is 2.40. The molecule has 0 N–H and O–H groups in total. The molecule has 3 rings (SSSR count). The maximum atomic E-state index is 13.4. The van der Waals surface area contributed by atoms with Gasteiger partial charge in [-0.2, -0.15) is 0 Å². The van der Waals surface area contributed by atoms with Crippen molar-refractivity contribution < 1.29 is 14.0 Å². The van der Waals surface area contributed by atoms with E-state index in [2.05, 4.69) is 0 Å². The predicted molar refractivity (Wildman–Crippen MR) is 99.2 cm³/mol. The molecular weight excluding hydrogens is 359 g/mol. The molecule has 1 aliphatic heterocycles. The molecule has 2 aromatic rings. The van der Waals surface area contributed by atoms with Crippen molar-refractivity contribution in [2.45, 2.75) is 12.3 Å². The molecule has 0 radical (unpaired) electrons. The number of thioether (sulfide) groups is 1. The van der Waals surface area contributed by atoms with Crippen LogP contribution in [-0.4, -0.2) is 47.0 Å². The van der Waals surface area contributed by atoms with Crippen LogP contribution in [-0.2, 0) is 4.79 Å². The Balaban J connectivity index is 1.67. The first-order valence-electron chi connectivity index (χ1n) is 8.09. The number of hydrogen-bond donors (Lipinski definition) is 0. The highest BCUT2D eigenvalue weighted by Gasteiger charge is 2.33. The van der Waals surface area contributed by atoms with E-state index < -0.39 is 5.82 Å². The Kier molecular flexibility index (Phi) is 5.75. The minimum absolute atomic E-state index is 0.0236. The largest absolute Gasteiger partial charge is 0.337 e. The van der Waals surface area contributed by atoms with Gasteiger partial charge in [0.15, 0.2) is 0 Å². The van der Waals surface area contributed by atoms with Crippen LogP contribution in [0.5, 0.6) is 0 Å². The molecular formula is C18H19FN2O2S2. The van der Waals surface area contributed by atoms with Crippen LogP contribution < -0.4 is 0 Å². The highest BCUT2D eigenvalue weighted by molar-refractivity contribution is 8.00. The smallest absolute Gasteiger partial charge is 0.254 e. The van der Waals surface area contributed by atoms with Crippen molar-refractivity contribution in [2.75, 3.05) is 25.4 Å². The van der Waals surface area contributed by atoms with E-state index in [4.69, 9.17) is 0 Å². The molecule has 1 unspecified atom stereocenters. The molecule has 4 nitrogen and oxygen atoms in total. The molecule has 1 fully saturated rings. The summed E-state index contributed by atoms with van der Waals surface area (Å²) in [6, 6.07) is 9.72. The monoisotopic (exact) mass is 378 g/mol. The maximum Gasteiger partial charge on any atom is 0.254 e. The van der Waals surface area contributed by atoms with Crippen molar-refractivity contribution >= 4 is 34.9 Å². The molecule has 1 aromatic carbocycles. The van der Waals surface area contributed by atoms with E-state index in [0.29, 0.717) is 31.0 Å². The number of carbonyl (C=O) groups excluding carboxylic acids is 2. The highest BCUT2D eigenvalue weighted by atomic mass is 32.2. The minimum Gasteiger partial charge on any atom is -0.337 e. The van der Waals surface area contributed by atoms with Crippen molar-refractivity contribution in [2.24, 2.45) is 0 Å². The van der Waals surface area contributed by atoms with Crippen molar-refractivity contribution in [3.05, 3.63) is 58.0 Å². The fourth-order valence-corrected chi connectivity index (χ4v) is 5.00. The summed E-state index contributed by atoms with van der Waals surface area (Å²) in [5.74, 6) is -0.0792. The summed E-state index contributed by atoms with van der Waals surface area (Å²) in [5, 5.41) is 2.03. The van der Waals surface area contributed by atoms with Gasteiger partial charge in [-0.3, -0.25) is 9.59 Å². The molecule has 132 valence electrons. The first-order valence-corrected chi connectivity index (χ1v) is 10.0. The minimum atomic E-state index is -0.425. The second-order valence-electron chi connectivity index (χ2n) is 5.66. The summed E-state index contributed by atoms with van der Waals surface area (Å²) >= 11 is 3.25. The molecule has 1 aromatic heterocycles. The number of nitrogens with zero attached hydrogens (tertiary/aromatic N) is 2. The van der Waals surface area contributed by atoms with Gasteiger partial charge in [0.1, 0.15) is 11.2 Å². The topological polar surface area (TPSA) is 40.6 Å². The van der Waals surface area contributed by atoms with Crippen LogP contribution >= 0.6 is 23.1 Å². The SMILES string of the molecule is CCN(CCN1C(=O)CSC1c1cccs1)C(=O)c1cccc(F)c1. The van der Waals surface area contributed by atoms with Crippen molar-refractivity contribution in [1.29, 1.82) is 0 Å². The van der Waals surface area contributed by atoms with Gasteiger partial charge in [-0.05, 0) is 36.6 Å². The average molecular weight is 378 g/mol. The Hall–Kier alpha value is -1.86. The van der Waals surface area contributed by atoms with Gasteiger partial charge in [0.25, 0.3) is 5.91 Å².